The normalized spacial score (nSPS) is 14.5. The van der Waals surface area contributed by atoms with Crippen LogP contribution in [0.25, 0.3) is 11.0 Å². The predicted molar refractivity (Wildman–Crippen MR) is 90.6 cm³/mol. The summed E-state index contributed by atoms with van der Waals surface area (Å²) in [6, 6.07) is 3.74. The van der Waals surface area contributed by atoms with E-state index in [0.717, 1.165) is 47.8 Å². The molecule has 0 saturated heterocycles. The summed E-state index contributed by atoms with van der Waals surface area (Å²) in [4.78, 5) is 24.0. The van der Waals surface area contributed by atoms with Crippen LogP contribution < -0.4 is 10.4 Å². The minimum Gasteiger partial charge on any atom is -0.479 e. The van der Waals surface area contributed by atoms with Gasteiger partial charge >= 0.3 is 11.6 Å². The maximum Gasteiger partial charge on any atom is 0.347 e. The number of esters is 1. The number of rotatable bonds is 5. The number of fused-ring (bicyclic) bond motifs is 3. The molecule has 1 unspecified atom stereocenters. The minimum atomic E-state index is -0.714. The molecule has 24 heavy (non-hydrogen) atoms. The first-order valence-corrected chi connectivity index (χ1v) is 8.44. The van der Waals surface area contributed by atoms with Gasteiger partial charge in [-0.05, 0) is 57.2 Å². The van der Waals surface area contributed by atoms with E-state index >= 15 is 0 Å². The molecule has 1 aliphatic carbocycles. The fourth-order valence-electron chi connectivity index (χ4n) is 3.15. The van der Waals surface area contributed by atoms with Gasteiger partial charge in [-0.25, -0.2) is 9.59 Å². The molecule has 1 aromatic carbocycles. The van der Waals surface area contributed by atoms with E-state index < -0.39 is 12.1 Å². The largest absolute Gasteiger partial charge is 0.479 e. The van der Waals surface area contributed by atoms with Crippen molar-refractivity contribution in [1.82, 2.24) is 0 Å². The molecule has 0 spiro atoms. The van der Waals surface area contributed by atoms with E-state index in [9.17, 15) is 9.59 Å². The zero-order valence-corrected chi connectivity index (χ0v) is 14.3. The van der Waals surface area contributed by atoms with E-state index in [1.165, 1.54) is 0 Å². The van der Waals surface area contributed by atoms with Crippen molar-refractivity contribution in [3.8, 4) is 5.75 Å². The highest BCUT2D eigenvalue weighted by atomic mass is 16.6. The molecular formula is C19H22O5. The summed E-state index contributed by atoms with van der Waals surface area (Å²) in [5, 5.41) is 0.966. The number of hydrogen-bond donors (Lipinski definition) is 0. The van der Waals surface area contributed by atoms with Gasteiger partial charge in [-0.1, -0.05) is 6.92 Å². The Hall–Kier alpha value is -2.30. The predicted octanol–water partition coefficient (Wildman–Crippen LogP) is 3.31. The van der Waals surface area contributed by atoms with E-state index in [1.807, 2.05) is 26.0 Å². The quantitative estimate of drug-likeness (QED) is 0.621. The first kappa shape index (κ1) is 16.6. The van der Waals surface area contributed by atoms with Gasteiger partial charge in [-0.15, -0.1) is 0 Å². The Morgan fingerprint density at radius 3 is 2.79 bits per heavy atom. The maximum atomic E-state index is 12.2. The van der Waals surface area contributed by atoms with Crippen molar-refractivity contribution in [3.05, 3.63) is 39.2 Å². The standard InChI is InChI=1S/C19H22O5/c1-4-10-22-18(20)12(3)23-16-9-8-14-13-6-5-7-15(13)19(21)24-17(14)11(16)2/h8-9,12H,4-7,10H2,1-3H3. The average Bonchev–Trinajstić information content (AvgIpc) is 3.06. The van der Waals surface area contributed by atoms with E-state index in [2.05, 4.69) is 0 Å². The molecule has 5 heteroatoms. The second kappa shape index (κ2) is 6.67. The first-order chi connectivity index (χ1) is 11.5. The number of carbonyl (C=O) groups is 1. The van der Waals surface area contributed by atoms with Gasteiger partial charge < -0.3 is 13.9 Å². The zero-order valence-electron chi connectivity index (χ0n) is 14.3. The fraction of sp³-hybridized carbons (Fsp3) is 0.474. The van der Waals surface area contributed by atoms with Crippen LogP contribution in [-0.4, -0.2) is 18.7 Å². The second-order valence-corrected chi connectivity index (χ2v) is 6.19. The van der Waals surface area contributed by atoms with Crippen molar-refractivity contribution >= 4 is 16.9 Å². The monoisotopic (exact) mass is 330 g/mol. The Balaban J connectivity index is 1.94. The van der Waals surface area contributed by atoms with Crippen LogP contribution in [0.1, 0.15) is 43.4 Å². The van der Waals surface area contributed by atoms with Gasteiger partial charge in [0.15, 0.2) is 6.10 Å². The number of carbonyl (C=O) groups excluding carboxylic acids is 1. The van der Waals surface area contributed by atoms with Crippen LogP contribution in [0.2, 0.25) is 0 Å². The highest BCUT2D eigenvalue weighted by molar-refractivity contribution is 5.86. The van der Waals surface area contributed by atoms with Crippen LogP contribution >= 0.6 is 0 Å². The number of benzene rings is 1. The third kappa shape index (κ3) is 2.90. The molecule has 0 radical (unpaired) electrons. The van der Waals surface area contributed by atoms with Crippen molar-refractivity contribution in [2.24, 2.45) is 0 Å². The van der Waals surface area contributed by atoms with Crippen LogP contribution in [0.4, 0.5) is 0 Å². The van der Waals surface area contributed by atoms with Crippen LogP contribution in [-0.2, 0) is 22.4 Å². The van der Waals surface area contributed by atoms with Gasteiger partial charge in [0.1, 0.15) is 11.3 Å². The molecule has 1 aromatic heterocycles. The molecule has 0 saturated carbocycles. The minimum absolute atomic E-state index is 0.259. The van der Waals surface area contributed by atoms with Gasteiger partial charge in [0.05, 0.1) is 6.61 Å². The van der Waals surface area contributed by atoms with Crippen molar-refractivity contribution in [1.29, 1.82) is 0 Å². The van der Waals surface area contributed by atoms with Crippen LogP contribution in [0.5, 0.6) is 5.75 Å². The molecular weight excluding hydrogens is 308 g/mol. The first-order valence-electron chi connectivity index (χ1n) is 8.44. The molecule has 1 heterocycles. The Kier molecular flexibility index (Phi) is 4.60. The summed E-state index contributed by atoms with van der Waals surface area (Å²) in [5.74, 6) is 0.135. The lowest BCUT2D eigenvalue weighted by Gasteiger charge is -2.16. The molecule has 0 fully saturated rings. The summed E-state index contributed by atoms with van der Waals surface area (Å²) in [6.07, 6.45) is 2.72. The SMILES string of the molecule is CCCOC(=O)C(C)Oc1ccc2c3c(c(=O)oc2c1C)CCC3. The molecule has 1 atom stereocenters. The lowest BCUT2D eigenvalue weighted by atomic mass is 10.0. The third-order valence-corrected chi connectivity index (χ3v) is 4.42. The Bertz CT molecular complexity index is 834. The second-order valence-electron chi connectivity index (χ2n) is 6.19. The summed E-state index contributed by atoms with van der Waals surface area (Å²) >= 11 is 0. The van der Waals surface area contributed by atoms with Gasteiger partial charge in [-0.2, -0.15) is 0 Å². The maximum absolute atomic E-state index is 12.2. The highest BCUT2D eigenvalue weighted by Gasteiger charge is 2.23. The number of ether oxygens (including phenoxy) is 2. The average molecular weight is 330 g/mol. The zero-order chi connectivity index (χ0) is 17.3. The fourth-order valence-corrected chi connectivity index (χ4v) is 3.15. The Morgan fingerprint density at radius 1 is 1.29 bits per heavy atom. The van der Waals surface area contributed by atoms with Crippen molar-refractivity contribution in [2.45, 2.75) is 52.6 Å². The highest BCUT2D eigenvalue weighted by Crippen LogP contribution is 2.33. The van der Waals surface area contributed by atoms with Crippen LogP contribution in [0.3, 0.4) is 0 Å². The molecule has 5 nitrogen and oxygen atoms in total. The third-order valence-electron chi connectivity index (χ3n) is 4.42. The van der Waals surface area contributed by atoms with Crippen LogP contribution in [0.15, 0.2) is 21.3 Å². The lowest BCUT2D eigenvalue weighted by molar-refractivity contribution is -0.151. The van der Waals surface area contributed by atoms with Crippen molar-refractivity contribution < 1.29 is 18.7 Å². The van der Waals surface area contributed by atoms with Gasteiger partial charge in [0.25, 0.3) is 0 Å². The van der Waals surface area contributed by atoms with Crippen molar-refractivity contribution in [2.75, 3.05) is 6.61 Å². The Labute approximate surface area is 140 Å². The molecule has 0 bridgehead atoms. The Morgan fingerprint density at radius 2 is 2.04 bits per heavy atom. The molecule has 0 aliphatic heterocycles. The van der Waals surface area contributed by atoms with Gasteiger partial charge in [0.2, 0.25) is 0 Å². The van der Waals surface area contributed by atoms with Crippen molar-refractivity contribution in [3.63, 3.8) is 0 Å². The molecule has 128 valence electrons. The van der Waals surface area contributed by atoms with E-state index in [4.69, 9.17) is 13.9 Å². The molecule has 1 aliphatic rings. The number of aryl methyl sites for hydroxylation is 2. The van der Waals surface area contributed by atoms with E-state index in [1.54, 1.807) is 6.92 Å². The molecule has 0 amide bonds. The van der Waals surface area contributed by atoms with Crippen LogP contribution in [0, 0.1) is 6.92 Å². The smallest absolute Gasteiger partial charge is 0.347 e. The van der Waals surface area contributed by atoms with Gasteiger partial charge in [-0.3, -0.25) is 0 Å². The topological polar surface area (TPSA) is 65.7 Å². The van der Waals surface area contributed by atoms with E-state index in [0.29, 0.717) is 17.9 Å². The molecule has 3 rings (SSSR count). The van der Waals surface area contributed by atoms with E-state index in [-0.39, 0.29) is 5.63 Å². The number of hydrogen-bond acceptors (Lipinski definition) is 5. The molecule has 2 aromatic rings. The summed E-state index contributed by atoms with van der Waals surface area (Å²) in [5.41, 5.74) is 2.91. The lowest BCUT2D eigenvalue weighted by Crippen LogP contribution is -2.26. The summed E-state index contributed by atoms with van der Waals surface area (Å²) in [6.45, 7) is 5.81. The van der Waals surface area contributed by atoms with Gasteiger partial charge in [0, 0.05) is 16.5 Å². The summed E-state index contributed by atoms with van der Waals surface area (Å²) < 4.78 is 16.4. The summed E-state index contributed by atoms with van der Waals surface area (Å²) in [7, 11) is 0. The molecule has 0 N–H and O–H groups in total.